The Morgan fingerprint density at radius 3 is 2.44 bits per heavy atom. The van der Waals surface area contributed by atoms with Crippen molar-refractivity contribution >= 4 is 17.4 Å². The summed E-state index contributed by atoms with van der Waals surface area (Å²) >= 11 is 5.86. The minimum atomic E-state index is -4.43. The highest BCUT2D eigenvalue weighted by Crippen LogP contribution is 2.21. The average Bonchev–Trinajstić information content (AvgIpc) is 2.21. The van der Waals surface area contributed by atoms with Gasteiger partial charge in [0.05, 0.1) is 0 Å². The molecule has 100 valence electrons. The SMILES string of the molecule is Cc1cc(C(=O)COCC(F)(F)F)c(C)cc1Cl. The van der Waals surface area contributed by atoms with E-state index in [1.165, 1.54) is 0 Å². The van der Waals surface area contributed by atoms with Crippen molar-refractivity contribution in [1.29, 1.82) is 0 Å². The molecule has 0 heterocycles. The Morgan fingerprint density at radius 1 is 1.28 bits per heavy atom. The van der Waals surface area contributed by atoms with Gasteiger partial charge in [-0.25, -0.2) is 0 Å². The average molecular weight is 281 g/mol. The third kappa shape index (κ3) is 4.31. The zero-order chi connectivity index (χ0) is 13.9. The summed E-state index contributed by atoms with van der Waals surface area (Å²) in [6.45, 7) is 1.36. The molecule has 0 unspecified atom stereocenters. The fraction of sp³-hybridized carbons (Fsp3) is 0.417. The molecule has 0 radical (unpaired) electrons. The molecule has 2 nitrogen and oxygen atoms in total. The molecule has 0 saturated carbocycles. The minimum Gasteiger partial charge on any atom is -0.364 e. The number of hydrogen-bond donors (Lipinski definition) is 0. The number of Topliss-reactive ketones (excluding diaryl/α,β-unsaturated/α-hetero) is 1. The summed E-state index contributed by atoms with van der Waals surface area (Å²) in [5.74, 6) is -0.489. The summed E-state index contributed by atoms with van der Waals surface area (Å²) in [6, 6.07) is 3.16. The molecule has 0 N–H and O–H groups in total. The standard InChI is InChI=1S/C12H12ClF3O2/c1-7-4-10(13)8(2)3-9(7)11(17)5-18-6-12(14,15)16/h3-4H,5-6H2,1-2H3. The lowest BCUT2D eigenvalue weighted by molar-refractivity contribution is -0.170. The molecule has 0 aliphatic carbocycles. The van der Waals surface area contributed by atoms with Crippen LogP contribution < -0.4 is 0 Å². The smallest absolute Gasteiger partial charge is 0.364 e. The van der Waals surface area contributed by atoms with Crippen LogP contribution in [0.15, 0.2) is 12.1 Å². The number of hydrogen-bond acceptors (Lipinski definition) is 2. The molecule has 0 atom stereocenters. The van der Waals surface area contributed by atoms with Crippen molar-refractivity contribution < 1.29 is 22.7 Å². The quantitative estimate of drug-likeness (QED) is 0.786. The van der Waals surface area contributed by atoms with Crippen molar-refractivity contribution in [2.75, 3.05) is 13.2 Å². The molecular formula is C12H12ClF3O2. The van der Waals surface area contributed by atoms with Crippen molar-refractivity contribution in [3.63, 3.8) is 0 Å². The van der Waals surface area contributed by atoms with Gasteiger partial charge in [-0.3, -0.25) is 4.79 Å². The van der Waals surface area contributed by atoms with Gasteiger partial charge in [0.15, 0.2) is 5.78 Å². The first-order chi connectivity index (χ1) is 8.20. The first kappa shape index (κ1) is 15.0. The first-order valence-corrected chi connectivity index (χ1v) is 5.53. The number of benzene rings is 1. The number of aryl methyl sites for hydroxylation is 2. The van der Waals surface area contributed by atoms with E-state index in [0.29, 0.717) is 21.7 Å². The fourth-order valence-electron chi connectivity index (χ4n) is 1.42. The van der Waals surface area contributed by atoms with Crippen LogP contribution in [0.25, 0.3) is 0 Å². The topological polar surface area (TPSA) is 26.3 Å². The summed E-state index contributed by atoms with van der Waals surface area (Å²) < 4.78 is 39.9. The molecule has 0 aliphatic rings. The Morgan fingerprint density at radius 2 is 1.89 bits per heavy atom. The molecule has 1 aromatic rings. The van der Waals surface area contributed by atoms with Gasteiger partial charge in [0.25, 0.3) is 0 Å². The van der Waals surface area contributed by atoms with Crippen molar-refractivity contribution in [3.05, 3.63) is 33.8 Å². The maximum atomic E-state index is 11.9. The van der Waals surface area contributed by atoms with Crippen LogP contribution >= 0.6 is 11.6 Å². The van der Waals surface area contributed by atoms with Gasteiger partial charge in [0.2, 0.25) is 0 Å². The third-order valence-corrected chi connectivity index (χ3v) is 2.71. The lowest BCUT2D eigenvalue weighted by Gasteiger charge is -2.10. The van der Waals surface area contributed by atoms with E-state index in [1.54, 1.807) is 26.0 Å². The molecule has 0 amide bonds. The van der Waals surface area contributed by atoms with Gasteiger partial charge in [0, 0.05) is 10.6 Å². The van der Waals surface area contributed by atoms with Crippen LogP contribution in [0.5, 0.6) is 0 Å². The number of ketones is 1. The molecule has 0 fully saturated rings. The van der Waals surface area contributed by atoms with Gasteiger partial charge in [-0.05, 0) is 37.1 Å². The predicted molar refractivity (Wildman–Crippen MR) is 62.1 cm³/mol. The van der Waals surface area contributed by atoms with E-state index in [4.69, 9.17) is 11.6 Å². The van der Waals surface area contributed by atoms with Crippen LogP contribution in [0.1, 0.15) is 21.5 Å². The minimum absolute atomic E-state index is 0.332. The first-order valence-electron chi connectivity index (χ1n) is 5.15. The maximum Gasteiger partial charge on any atom is 0.411 e. The molecule has 0 aromatic heterocycles. The van der Waals surface area contributed by atoms with Crippen LogP contribution in [0.2, 0.25) is 5.02 Å². The van der Waals surface area contributed by atoms with Gasteiger partial charge in [-0.2, -0.15) is 13.2 Å². The lowest BCUT2D eigenvalue weighted by Crippen LogP contribution is -2.20. The predicted octanol–water partition coefficient (Wildman–Crippen LogP) is 3.72. The Labute approximate surface area is 108 Å². The van der Waals surface area contributed by atoms with Gasteiger partial charge in [0.1, 0.15) is 13.2 Å². The van der Waals surface area contributed by atoms with Crippen LogP contribution in [-0.4, -0.2) is 25.2 Å². The molecule has 18 heavy (non-hydrogen) atoms. The lowest BCUT2D eigenvalue weighted by atomic mass is 10.0. The van der Waals surface area contributed by atoms with E-state index in [9.17, 15) is 18.0 Å². The zero-order valence-corrected chi connectivity index (χ0v) is 10.7. The number of carbonyl (C=O) groups excluding carboxylic acids is 1. The fourth-order valence-corrected chi connectivity index (χ4v) is 1.64. The zero-order valence-electron chi connectivity index (χ0n) is 9.90. The maximum absolute atomic E-state index is 11.9. The van der Waals surface area contributed by atoms with Crippen LogP contribution in [-0.2, 0) is 4.74 Å². The molecule has 6 heteroatoms. The number of halogens is 4. The molecule has 0 saturated heterocycles. The number of alkyl halides is 3. The summed E-state index contributed by atoms with van der Waals surface area (Å²) in [5, 5.41) is 0.514. The van der Waals surface area contributed by atoms with Crippen LogP contribution in [0.4, 0.5) is 13.2 Å². The summed E-state index contributed by atoms with van der Waals surface area (Å²) in [5.41, 5.74) is 1.65. The van der Waals surface area contributed by atoms with Crippen molar-refractivity contribution in [2.45, 2.75) is 20.0 Å². The monoisotopic (exact) mass is 280 g/mol. The van der Waals surface area contributed by atoms with E-state index < -0.39 is 25.2 Å². The summed E-state index contributed by atoms with van der Waals surface area (Å²) in [7, 11) is 0. The Hall–Kier alpha value is -1.07. The van der Waals surface area contributed by atoms with E-state index in [-0.39, 0.29) is 0 Å². The third-order valence-electron chi connectivity index (χ3n) is 2.30. The highest BCUT2D eigenvalue weighted by atomic mass is 35.5. The number of ether oxygens (including phenoxy) is 1. The van der Waals surface area contributed by atoms with Crippen molar-refractivity contribution in [2.24, 2.45) is 0 Å². The molecule has 0 aliphatic heterocycles. The Balaban J connectivity index is 2.70. The Bertz CT molecular complexity index is 455. The molecule has 1 rings (SSSR count). The van der Waals surface area contributed by atoms with Crippen molar-refractivity contribution in [1.82, 2.24) is 0 Å². The van der Waals surface area contributed by atoms with Gasteiger partial charge in [-0.15, -0.1) is 0 Å². The van der Waals surface area contributed by atoms with E-state index >= 15 is 0 Å². The number of carbonyl (C=O) groups is 1. The second-order valence-corrected chi connectivity index (χ2v) is 4.35. The normalized spacial score (nSPS) is 11.7. The van der Waals surface area contributed by atoms with Gasteiger partial charge >= 0.3 is 6.18 Å². The van der Waals surface area contributed by atoms with E-state index in [2.05, 4.69) is 4.74 Å². The summed E-state index contributed by atoms with van der Waals surface area (Å²) in [6.07, 6.45) is -4.43. The highest BCUT2D eigenvalue weighted by molar-refractivity contribution is 6.31. The molecule has 0 bridgehead atoms. The van der Waals surface area contributed by atoms with E-state index in [0.717, 1.165) is 0 Å². The van der Waals surface area contributed by atoms with Crippen LogP contribution in [0.3, 0.4) is 0 Å². The van der Waals surface area contributed by atoms with Gasteiger partial charge in [-0.1, -0.05) is 11.6 Å². The second kappa shape index (κ2) is 5.71. The Kier molecular flexibility index (Phi) is 4.76. The number of rotatable bonds is 4. The van der Waals surface area contributed by atoms with E-state index in [1.807, 2.05) is 0 Å². The molecule has 0 spiro atoms. The van der Waals surface area contributed by atoms with Gasteiger partial charge < -0.3 is 4.74 Å². The van der Waals surface area contributed by atoms with Crippen LogP contribution in [0, 0.1) is 13.8 Å². The second-order valence-electron chi connectivity index (χ2n) is 3.95. The molecule has 1 aromatic carbocycles. The molecular weight excluding hydrogens is 269 g/mol. The highest BCUT2D eigenvalue weighted by Gasteiger charge is 2.28. The summed E-state index contributed by atoms with van der Waals surface area (Å²) in [4.78, 5) is 11.7. The largest absolute Gasteiger partial charge is 0.411 e. The van der Waals surface area contributed by atoms with Crippen molar-refractivity contribution in [3.8, 4) is 0 Å².